The van der Waals surface area contributed by atoms with E-state index in [4.69, 9.17) is 22.3 Å². The Hall–Kier alpha value is -1.34. The Labute approximate surface area is 170 Å². The molecule has 2 aliphatic rings. The lowest BCUT2D eigenvalue weighted by molar-refractivity contribution is 0.602. The Morgan fingerprint density at radius 2 is 2.19 bits per heavy atom. The van der Waals surface area contributed by atoms with Crippen LogP contribution in [0.25, 0.3) is 11.4 Å². The highest BCUT2D eigenvalue weighted by molar-refractivity contribution is 7.98. The van der Waals surface area contributed by atoms with E-state index in [2.05, 4.69) is 14.6 Å². The summed E-state index contributed by atoms with van der Waals surface area (Å²) >= 11 is 8.15. The van der Waals surface area contributed by atoms with Crippen molar-refractivity contribution in [1.82, 2.24) is 14.7 Å². The molecule has 144 valence electrons. The van der Waals surface area contributed by atoms with E-state index in [0.717, 1.165) is 71.2 Å². The summed E-state index contributed by atoms with van der Waals surface area (Å²) in [6.07, 6.45) is 5.72. The molecule has 1 aliphatic carbocycles. The summed E-state index contributed by atoms with van der Waals surface area (Å²) in [4.78, 5) is 11.9. The van der Waals surface area contributed by atoms with Gasteiger partial charge in [-0.3, -0.25) is 4.72 Å². The molecule has 2 aromatic rings. The zero-order chi connectivity index (χ0) is 18.8. The molecule has 5 nitrogen and oxygen atoms in total. The number of aromatic nitrogens is 2. The van der Waals surface area contributed by atoms with Gasteiger partial charge in [0.2, 0.25) is 0 Å². The summed E-state index contributed by atoms with van der Waals surface area (Å²) in [5, 5.41) is 1.52. The molecule has 0 bridgehead atoms. The summed E-state index contributed by atoms with van der Waals surface area (Å²) in [5.74, 6) is 2.29. The zero-order valence-electron chi connectivity index (χ0n) is 15.6. The molecule has 0 spiro atoms. The van der Waals surface area contributed by atoms with Gasteiger partial charge in [0, 0.05) is 47.2 Å². The van der Waals surface area contributed by atoms with Crippen LogP contribution < -0.4 is 15.4 Å². The molecular formula is C20H26ClN5S. The smallest absolute Gasteiger partial charge is 0.161 e. The first kappa shape index (κ1) is 19.0. The predicted molar refractivity (Wildman–Crippen MR) is 114 cm³/mol. The van der Waals surface area contributed by atoms with Gasteiger partial charge in [-0.2, -0.15) is 0 Å². The van der Waals surface area contributed by atoms with E-state index in [1.807, 2.05) is 43.3 Å². The van der Waals surface area contributed by atoms with Crippen LogP contribution in [0.4, 0.5) is 5.82 Å². The Kier molecular flexibility index (Phi) is 5.88. The van der Waals surface area contributed by atoms with Crippen molar-refractivity contribution < 1.29 is 0 Å². The van der Waals surface area contributed by atoms with Gasteiger partial charge >= 0.3 is 0 Å². The zero-order valence-corrected chi connectivity index (χ0v) is 17.2. The minimum Gasteiger partial charge on any atom is -0.356 e. The fourth-order valence-electron chi connectivity index (χ4n) is 3.31. The highest BCUT2D eigenvalue weighted by Crippen LogP contribution is 2.33. The number of aryl methyl sites for hydroxylation is 1. The van der Waals surface area contributed by atoms with Crippen LogP contribution in [0, 0.1) is 12.8 Å². The predicted octanol–water partition coefficient (Wildman–Crippen LogP) is 3.79. The molecule has 1 unspecified atom stereocenters. The second-order valence-electron chi connectivity index (χ2n) is 7.48. The number of nitrogens with two attached hydrogens (primary N) is 1. The lowest BCUT2D eigenvalue weighted by Crippen LogP contribution is -2.25. The van der Waals surface area contributed by atoms with Crippen LogP contribution in [-0.4, -0.2) is 34.9 Å². The average molecular weight is 404 g/mol. The topological polar surface area (TPSA) is 67.1 Å². The summed E-state index contributed by atoms with van der Waals surface area (Å²) in [6.45, 7) is 5.46. The van der Waals surface area contributed by atoms with Gasteiger partial charge in [-0.05, 0) is 50.3 Å². The van der Waals surface area contributed by atoms with E-state index in [1.54, 1.807) is 0 Å². The number of hydrogen-bond acceptors (Lipinski definition) is 6. The van der Waals surface area contributed by atoms with Gasteiger partial charge in [-0.25, -0.2) is 9.97 Å². The average Bonchev–Trinajstić information content (AvgIpc) is 3.38. The van der Waals surface area contributed by atoms with Crippen molar-refractivity contribution in [2.45, 2.75) is 38.0 Å². The standard InChI is InChI=1S/C20H26ClN5S/c1-13-2-3-15(8-18(13)21)19-23-10-16(11-24-27-17-4-5-17)20(25-19)26-7-6-14(9-22)12-26/h2-3,8,10,14,17,24H,4-7,9,11-12,22H2,1H3. The molecule has 0 amide bonds. The van der Waals surface area contributed by atoms with Crippen molar-refractivity contribution in [3.05, 3.63) is 40.5 Å². The third-order valence-corrected chi connectivity index (χ3v) is 6.75. The first-order valence-corrected chi connectivity index (χ1v) is 10.9. The molecule has 1 atom stereocenters. The van der Waals surface area contributed by atoms with Crippen LogP contribution in [0.1, 0.15) is 30.4 Å². The SMILES string of the molecule is Cc1ccc(-c2ncc(CNSC3CC3)c(N3CCC(CN)C3)n2)cc1Cl. The molecule has 1 aromatic heterocycles. The third kappa shape index (κ3) is 4.57. The second kappa shape index (κ2) is 8.35. The maximum Gasteiger partial charge on any atom is 0.161 e. The highest BCUT2D eigenvalue weighted by Gasteiger charge is 2.26. The van der Waals surface area contributed by atoms with Crippen LogP contribution in [0.15, 0.2) is 24.4 Å². The van der Waals surface area contributed by atoms with Gasteiger partial charge in [0.1, 0.15) is 5.82 Å². The monoisotopic (exact) mass is 403 g/mol. The van der Waals surface area contributed by atoms with Crippen LogP contribution >= 0.6 is 23.5 Å². The maximum atomic E-state index is 6.31. The molecule has 1 saturated heterocycles. The van der Waals surface area contributed by atoms with E-state index < -0.39 is 0 Å². The number of hydrogen-bond donors (Lipinski definition) is 2. The largest absolute Gasteiger partial charge is 0.356 e. The number of halogens is 1. The molecule has 2 fully saturated rings. The Morgan fingerprint density at radius 1 is 1.33 bits per heavy atom. The minimum absolute atomic E-state index is 0.541. The first-order valence-electron chi connectivity index (χ1n) is 9.60. The molecule has 7 heteroatoms. The normalized spacial score (nSPS) is 19.7. The fourth-order valence-corrected chi connectivity index (χ4v) is 4.33. The molecule has 3 N–H and O–H groups in total. The van der Waals surface area contributed by atoms with E-state index in [-0.39, 0.29) is 0 Å². The van der Waals surface area contributed by atoms with Crippen LogP contribution in [0.2, 0.25) is 5.02 Å². The molecule has 4 rings (SSSR count). The molecule has 1 saturated carbocycles. The van der Waals surface area contributed by atoms with Crippen LogP contribution in [0.3, 0.4) is 0 Å². The molecule has 0 radical (unpaired) electrons. The number of benzene rings is 1. The number of anilines is 1. The van der Waals surface area contributed by atoms with Gasteiger partial charge < -0.3 is 10.6 Å². The van der Waals surface area contributed by atoms with Gasteiger partial charge in [0.15, 0.2) is 5.82 Å². The number of nitrogens with one attached hydrogen (secondary N) is 1. The molecule has 27 heavy (non-hydrogen) atoms. The van der Waals surface area contributed by atoms with Crippen molar-refractivity contribution in [2.24, 2.45) is 11.7 Å². The van der Waals surface area contributed by atoms with E-state index in [0.29, 0.717) is 5.92 Å². The molecule has 1 aromatic carbocycles. The summed E-state index contributed by atoms with van der Waals surface area (Å²) in [7, 11) is 0. The van der Waals surface area contributed by atoms with E-state index in [9.17, 15) is 0 Å². The number of nitrogens with zero attached hydrogens (tertiary/aromatic N) is 3. The maximum absolute atomic E-state index is 6.31. The van der Waals surface area contributed by atoms with Crippen molar-refractivity contribution in [3.63, 3.8) is 0 Å². The summed E-state index contributed by atoms with van der Waals surface area (Å²) < 4.78 is 3.49. The van der Waals surface area contributed by atoms with E-state index in [1.165, 1.54) is 12.8 Å². The molecule has 1 aliphatic heterocycles. The first-order chi connectivity index (χ1) is 13.1. The Morgan fingerprint density at radius 3 is 2.89 bits per heavy atom. The third-order valence-electron chi connectivity index (χ3n) is 5.23. The molecular weight excluding hydrogens is 378 g/mol. The van der Waals surface area contributed by atoms with Gasteiger partial charge in [0.05, 0.1) is 0 Å². The van der Waals surface area contributed by atoms with Crippen LogP contribution in [0.5, 0.6) is 0 Å². The van der Waals surface area contributed by atoms with Crippen LogP contribution in [-0.2, 0) is 6.54 Å². The fraction of sp³-hybridized carbons (Fsp3) is 0.500. The lowest BCUT2D eigenvalue weighted by Gasteiger charge is -2.21. The Bertz CT molecular complexity index is 811. The van der Waals surface area contributed by atoms with Gasteiger partial charge in [-0.1, -0.05) is 35.7 Å². The summed E-state index contributed by atoms with van der Waals surface area (Å²) in [6, 6.07) is 6.00. The quantitative estimate of drug-likeness (QED) is 0.685. The van der Waals surface area contributed by atoms with Crippen molar-refractivity contribution in [2.75, 3.05) is 24.5 Å². The van der Waals surface area contributed by atoms with Gasteiger partial charge in [-0.15, -0.1) is 0 Å². The van der Waals surface area contributed by atoms with Crippen molar-refractivity contribution in [3.8, 4) is 11.4 Å². The number of rotatable bonds is 7. The van der Waals surface area contributed by atoms with E-state index >= 15 is 0 Å². The summed E-state index contributed by atoms with van der Waals surface area (Å²) in [5.41, 5.74) is 9.05. The minimum atomic E-state index is 0.541. The lowest BCUT2D eigenvalue weighted by atomic mass is 10.1. The highest BCUT2D eigenvalue weighted by atomic mass is 35.5. The Balaban J connectivity index is 1.61. The van der Waals surface area contributed by atoms with Crippen molar-refractivity contribution in [1.29, 1.82) is 0 Å². The van der Waals surface area contributed by atoms with Crippen molar-refractivity contribution >= 4 is 29.4 Å². The second-order valence-corrected chi connectivity index (χ2v) is 9.08. The molecule has 2 heterocycles. The van der Waals surface area contributed by atoms with Gasteiger partial charge in [0.25, 0.3) is 0 Å².